The average molecular weight is 364 g/mol. The van der Waals surface area contributed by atoms with Crippen molar-refractivity contribution < 1.29 is 14.4 Å². The van der Waals surface area contributed by atoms with Gasteiger partial charge in [0, 0.05) is 6.42 Å². The molecule has 7 nitrogen and oxygen atoms in total. The Morgan fingerprint density at radius 1 is 1.16 bits per heavy atom. The molecule has 1 aromatic rings. The monoisotopic (exact) mass is 364 g/mol. The van der Waals surface area contributed by atoms with E-state index in [1.165, 1.54) is 11.3 Å². The molecule has 0 aromatic carbocycles. The predicted octanol–water partition coefficient (Wildman–Crippen LogP) is 2.38. The number of fused-ring (bicyclic) bond motifs is 1. The third kappa shape index (κ3) is 4.05. The van der Waals surface area contributed by atoms with Gasteiger partial charge in [0.1, 0.15) is 11.6 Å². The average Bonchev–Trinajstić information content (AvgIpc) is 3.14. The molecular weight excluding hydrogens is 340 g/mol. The van der Waals surface area contributed by atoms with Crippen LogP contribution in [0.3, 0.4) is 0 Å². The third-order valence-corrected chi connectivity index (χ3v) is 5.84. The molecule has 3 amide bonds. The standard InChI is InChI=1S/C17H24N4O3S/c1-2-3-4-9-14-19-20-17(25-14)18-13(22)10-21-15(23)11-7-5-6-8-12(11)16(21)24/h11-12H,2-10H2,1H3,(H,18,20,22)/t11-,12-/m0/s1. The largest absolute Gasteiger partial charge is 0.299 e. The Balaban J connectivity index is 1.54. The fraction of sp³-hybridized carbons (Fsp3) is 0.706. The molecule has 2 heterocycles. The highest BCUT2D eigenvalue weighted by atomic mass is 32.1. The summed E-state index contributed by atoms with van der Waals surface area (Å²) in [6, 6.07) is 0. The van der Waals surface area contributed by atoms with Gasteiger partial charge in [-0.15, -0.1) is 10.2 Å². The fourth-order valence-electron chi connectivity index (χ4n) is 3.62. The van der Waals surface area contributed by atoms with Crippen LogP contribution in [0.4, 0.5) is 5.13 Å². The van der Waals surface area contributed by atoms with Crippen LogP contribution in [-0.2, 0) is 20.8 Å². The molecule has 0 spiro atoms. The molecular formula is C17H24N4O3S. The molecule has 0 radical (unpaired) electrons. The third-order valence-electron chi connectivity index (χ3n) is 4.94. The van der Waals surface area contributed by atoms with Gasteiger partial charge in [-0.3, -0.25) is 24.6 Å². The minimum atomic E-state index is -0.392. The van der Waals surface area contributed by atoms with Crippen molar-refractivity contribution in [3.05, 3.63) is 5.01 Å². The number of rotatable bonds is 7. The number of carbonyl (C=O) groups excluding carboxylic acids is 3. The van der Waals surface area contributed by atoms with E-state index in [0.717, 1.165) is 61.3 Å². The number of aryl methyl sites for hydroxylation is 1. The first-order valence-corrected chi connectivity index (χ1v) is 9.89. The topological polar surface area (TPSA) is 92.3 Å². The number of aromatic nitrogens is 2. The molecule has 1 saturated heterocycles. The first kappa shape index (κ1) is 18.0. The molecule has 0 unspecified atom stereocenters. The van der Waals surface area contributed by atoms with Crippen LogP contribution in [0.1, 0.15) is 56.9 Å². The summed E-state index contributed by atoms with van der Waals surface area (Å²) < 4.78 is 0. The molecule has 0 bridgehead atoms. The van der Waals surface area contributed by atoms with Crippen LogP contribution in [0.15, 0.2) is 0 Å². The zero-order valence-electron chi connectivity index (χ0n) is 14.5. The molecule has 3 rings (SSSR count). The van der Waals surface area contributed by atoms with E-state index in [0.29, 0.717) is 5.13 Å². The summed E-state index contributed by atoms with van der Waals surface area (Å²) >= 11 is 1.35. The number of nitrogens with zero attached hydrogens (tertiary/aromatic N) is 3. The maximum Gasteiger partial charge on any atom is 0.246 e. The van der Waals surface area contributed by atoms with Crippen molar-refractivity contribution in [2.75, 3.05) is 11.9 Å². The van der Waals surface area contributed by atoms with Crippen LogP contribution in [0.5, 0.6) is 0 Å². The lowest BCUT2D eigenvalue weighted by Gasteiger charge is -2.19. The maximum atomic E-state index is 12.4. The number of anilines is 1. The summed E-state index contributed by atoms with van der Waals surface area (Å²) in [7, 11) is 0. The van der Waals surface area contributed by atoms with Gasteiger partial charge in [0.05, 0.1) is 11.8 Å². The van der Waals surface area contributed by atoms with Crippen LogP contribution in [0, 0.1) is 11.8 Å². The van der Waals surface area contributed by atoms with Crippen LogP contribution in [0.25, 0.3) is 0 Å². The zero-order valence-corrected chi connectivity index (χ0v) is 15.3. The molecule has 1 N–H and O–H groups in total. The summed E-state index contributed by atoms with van der Waals surface area (Å²) in [5.41, 5.74) is 0. The van der Waals surface area contributed by atoms with E-state index < -0.39 is 5.91 Å². The van der Waals surface area contributed by atoms with Gasteiger partial charge in [-0.2, -0.15) is 0 Å². The summed E-state index contributed by atoms with van der Waals surface area (Å²) in [6.45, 7) is 1.91. The molecule has 2 aliphatic rings. The van der Waals surface area contributed by atoms with Gasteiger partial charge < -0.3 is 0 Å². The molecule has 1 saturated carbocycles. The molecule has 8 heteroatoms. The minimum absolute atomic E-state index is 0.192. The Morgan fingerprint density at radius 3 is 2.48 bits per heavy atom. The Kier molecular flexibility index (Phi) is 5.78. The number of imide groups is 1. The first-order valence-electron chi connectivity index (χ1n) is 9.07. The minimum Gasteiger partial charge on any atom is -0.299 e. The van der Waals surface area contributed by atoms with Crippen molar-refractivity contribution in [1.29, 1.82) is 0 Å². The lowest BCUT2D eigenvalue weighted by molar-refractivity contribution is -0.142. The van der Waals surface area contributed by atoms with Crippen molar-refractivity contribution in [1.82, 2.24) is 15.1 Å². The second-order valence-electron chi connectivity index (χ2n) is 6.77. The van der Waals surface area contributed by atoms with E-state index in [-0.39, 0.29) is 30.2 Å². The van der Waals surface area contributed by atoms with Crippen molar-refractivity contribution in [3.63, 3.8) is 0 Å². The number of likely N-dealkylation sites (tertiary alicyclic amines) is 1. The van der Waals surface area contributed by atoms with Crippen LogP contribution >= 0.6 is 11.3 Å². The smallest absolute Gasteiger partial charge is 0.246 e. The Hall–Kier alpha value is -1.83. The normalized spacial score (nSPS) is 23.0. The fourth-order valence-corrected chi connectivity index (χ4v) is 4.42. The Labute approximate surface area is 151 Å². The molecule has 1 aromatic heterocycles. The van der Waals surface area contributed by atoms with Gasteiger partial charge in [-0.05, 0) is 19.3 Å². The summed E-state index contributed by atoms with van der Waals surface area (Å²) in [5.74, 6) is -1.22. The number of unbranched alkanes of at least 4 members (excludes halogenated alkanes) is 2. The van der Waals surface area contributed by atoms with Crippen molar-refractivity contribution in [2.24, 2.45) is 11.8 Å². The van der Waals surface area contributed by atoms with E-state index in [9.17, 15) is 14.4 Å². The molecule has 25 heavy (non-hydrogen) atoms. The van der Waals surface area contributed by atoms with Gasteiger partial charge in [0.2, 0.25) is 22.9 Å². The number of hydrogen-bond acceptors (Lipinski definition) is 6. The molecule has 2 atom stereocenters. The van der Waals surface area contributed by atoms with Crippen molar-refractivity contribution in [2.45, 2.75) is 58.3 Å². The van der Waals surface area contributed by atoms with E-state index in [4.69, 9.17) is 0 Å². The highest BCUT2D eigenvalue weighted by Crippen LogP contribution is 2.37. The lowest BCUT2D eigenvalue weighted by atomic mass is 9.81. The van der Waals surface area contributed by atoms with Gasteiger partial charge in [0.15, 0.2) is 0 Å². The second kappa shape index (κ2) is 8.03. The summed E-state index contributed by atoms with van der Waals surface area (Å²) in [6.07, 6.45) is 7.66. The zero-order chi connectivity index (χ0) is 17.8. The van der Waals surface area contributed by atoms with Gasteiger partial charge in [-0.25, -0.2) is 0 Å². The summed E-state index contributed by atoms with van der Waals surface area (Å²) in [4.78, 5) is 38.1. The Morgan fingerprint density at radius 2 is 1.84 bits per heavy atom. The first-order chi connectivity index (χ1) is 12.1. The quantitative estimate of drug-likeness (QED) is 0.592. The number of carbonyl (C=O) groups is 3. The van der Waals surface area contributed by atoms with Gasteiger partial charge in [0.25, 0.3) is 0 Å². The van der Waals surface area contributed by atoms with Crippen LogP contribution in [0.2, 0.25) is 0 Å². The Bertz CT molecular complexity index is 636. The second-order valence-corrected chi connectivity index (χ2v) is 7.83. The van der Waals surface area contributed by atoms with E-state index in [2.05, 4.69) is 22.4 Å². The molecule has 1 aliphatic carbocycles. The molecule has 136 valence electrons. The van der Waals surface area contributed by atoms with Crippen LogP contribution in [-0.4, -0.2) is 39.4 Å². The molecule has 2 fully saturated rings. The maximum absolute atomic E-state index is 12.4. The highest BCUT2D eigenvalue weighted by Gasteiger charge is 2.48. The van der Waals surface area contributed by atoms with E-state index in [1.54, 1.807) is 0 Å². The number of hydrogen-bond donors (Lipinski definition) is 1. The van der Waals surface area contributed by atoms with Crippen molar-refractivity contribution in [3.8, 4) is 0 Å². The van der Waals surface area contributed by atoms with Crippen LogP contribution < -0.4 is 5.32 Å². The van der Waals surface area contributed by atoms with Gasteiger partial charge in [-0.1, -0.05) is 43.9 Å². The van der Waals surface area contributed by atoms with E-state index in [1.807, 2.05) is 0 Å². The number of nitrogens with one attached hydrogen (secondary N) is 1. The molecule has 1 aliphatic heterocycles. The van der Waals surface area contributed by atoms with E-state index >= 15 is 0 Å². The SMILES string of the molecule is CCCCCc1nnc(NC(=O)CN2C(=O)[C@H]3CCCC[C@@H]3C2=O)s1. The lowest BCUT2D eigenvalue weighted by Crippen LogP contribution is -2.38. The predicted molar refractivity (Wildman–Crippen MR) is 93.9 cm³/mol. The van der Waals surface area contributed by atoms with Crippen molar-refractivity contribution >= 4 is 34.2 Å². The van der Waals surface area contributed by atoms with Gasteiger partial charge >= 0.3 is 0 Å². The highest BCUT2D eigenvalue weighted by molar-refractivity contribution is 7.15. The number of amides is 3. The summed E-state index contributed by atoms with van der Waals surface area (Å²) in [5, 5.41) is 12.0.